The van der Waals surface area contributed by atoms with E-state index in [2.05, 4.69) is 0 Å². The molecule has 0 radical (unpaired) electrons. The van der Waals surface area contributed by atoms with Crippen molar-refractivity contribution in [2.45, 2.75) is 19.8 Å². The van der Waals surface area contributed by atoms with Gasteiger partial charge in [0.05, 0.1) is 20.1 Å². The van der Waals surface area contributed by atoms with E-state index in [0.717, 1.165) is 11.3 Å². The molecule has 1 heterocycles. The van der Waals surface area contributed by atoms with Crippen molar-refractivity contribution in [2.75, 3.05) is 20.3 Å². The Morgan fingerprint density at radius 3 is 2.47 bits per heavy atom. The lowest BCUT2D eigenvalue weighted by atomic mass is 9.92. The van der Waals surface area contributed by atoms with Crippen LogP contribution in [0.3, 0.4) is 0 Å². The minimum Gasteiger partial charge on any atom is -0.493 e. The largest absolute Gasteiger partial charge is 0.493 e. The van der Waals surface area contributed by atoms with Gasteiger partial charge in [0.15, 0.2) is 11.5 Å². The zero-order valence-electron chi connectivity index (χ0n) is 16.9. The quantitative estimate of drug-likeness (QED) is 0.530. The fraction of sp³-hybridized carbons (Fsp3) is 0.261. The molecule has 0 fully saturated rings. The van der Waals surface area contributed by atoms with Crippen LogP contribution in [0.15, 0.2) is 42.5 Å². The molecule has 0 aliphatic carbocycles. The first-order chi connectivity index (χ1) is 14.5. The van der Waals surface area contributed by atoms with E-state index >= 15 is 0 Å². The summed E-state index contributed by atoms with van der Waals surface area (Å²) in [5.74, 6) is -0.946. The molecule has 2 aromatic carbocycles. The summed E-state index contributed by atoms with van der Waals surface area (Å²) in [4.78, 5) is 37.8. The summed E-state index contributed by atoms with van der Waals surface area (Å²) < 4.78 is 11.1. The second-order valence-corrected chi connectivity index (χ2v) is 6.77. The molecule has 0 aromatic heterocycles. The third-order valence-electron chi connectivity index (χ3n) is 4.68. The number of carbonyl (C=O) groups is 3. The van der Waals surface area contributed by atoms with Crippen molar-refractivity contribution in [3.8, 4) is 11.5 Å². The topological polar surface area (TPSA) is 93.1 Å². The van der Waals surface area contributed by atoms with Crippen LogP contribution in [0.25, 0.3) is 11.6 Å². The Kier molecular flexibility index (Phi) is 6.51. The van der Waals surface area contributed by atoms with Gasteiger partial charge in [-0.3, -0.25) is 19.3 Å². The highest BCUT2D eigenvalue weighted by Crippen LogP contribution is 2.33. The average Bonchev–Trinajstić information content (AvgIpc) is 2.75. The van der Waals surface area contributed by atoms with E-state index < -0.39 is 17.8 Å². The molecule has 7 heteroatoms. The summed E-state index contributed by atoms with van der Waals surface area (Å²) in [5.41, 5.74) is 1.91. The Bertz CT molecular complexity index is 1010. The molecule has 1 N–H and O–H groups in total. The van der Waals surface area contributed by atoms with Crippen LogP contribution in [0.1, 0.15) is 41.3 Å². The van der Waals surface area contributed by atoms with E-state index in [0.29, 0.717) is 40.4 Å². The van der Waals surface area contributed by atoms with E-state index in [-0.39, 0.29) is 13.0 Å². The summed E-state index contributed by atoms with van der Waals surface area (Å²) >= 11 is 0. The van der Waals surface area contributed by atoms with Crippen LogP contribution in [0.4, 0.5) is 0 Å². The average molecular weight is 409 g/mol. The van der Waals surface area contributed by atoms with Crippen LogP contribution in [0.5, 0.6) is 11.5 Å². The second-order valence-electron chi connectivity index (χ2n) is 6.77. The predicted octanol–water partition coefficient (Wildman–Crippen LogP) is 3.48. The zero-order valence-corrected chi connectivity index (χ0v) is 16.9. The number of fused-ring (bicyclic) bond motifs is 1. The number of amides is 2. The molecular weight excluding hydrogens is 386 g/mol. The van der Waals surface area contributed by atoms with Crippen LogP contribution < -0.4 is 9.47 Å². The number of imide groups is 1. The van der Waals surface area contributed by atoms with Crippen molar-refractivity contribution in [3.63, 3.8) is 0 Å². The first-order valence-corrected chi connectivity index (χ1v) is 9.66. The Morgan fingerprint density at radius 2 is 1.80 bits per heavy atom. The monoisotopic (exact) mass is 409 g/mol. The van der Waals surface area contributed by atoms with Crippen LogP contribution in [0, 0.1) is 0 Å². The highest BCUT2D eigenvalue weighted by Gasteiger charge is 2.34. The van der Waals surface area contributed by atoms with Gasteiger partial charge in [-0.2, -0.15) is 0 Å². The van der Waals surface area contributed by atoms with Gasteiger partial charge in [0.2, 0.25) is 0 Å². The lowest BCUT2D eigenvalue weighted by molar-refractivity contribution is -0.137. The minimum atomic E-state index is -1.08. The Morgan fingerprint density at radius 1 is 1.07 bits per heavy atom. The fourth-order valence-corrected chi connectivity index (χ4v) is 3.23. The fourth-order valence-electron chi connectivity index (χ4n) is 3.23. The lowest BCUT2D eigenvalue weighted by Gasteiger charge is -2.28. The van der Waals surface area contributed by atoms with Gasteiger partial charge >= 0.3 is 5.97 Å². The van der Waals surface area contributed by atoms with E-state index in [1.807, 2.05) is 6.92 Å². The van der Waals surface area contributed by atoms with Gasteiger partial charge in [0, 0.05) is 17.7 Å². The van der Waals surface area contributed by atoms with Gasteiger partial charge in [-0.25, -0.2) is 0 Å². The predicted molar refractivity (Wildman–Crippen MR) is 111 cm³/mol. The standard InChI is InChI=1S/C23H23NO6/c1-3-12-30-20-14-15(8-9-19(20)29-2)13-18-16-6-4-5-7-17(16)22(27)24(23(18)28)11-10-21(25)26/h4-9,13-14H,3,10-12H2,1-2H3,(H,25,26)/b18-13-. The molecule has 7 nitrogen and oxygen atoms in total. The molecule has 3 rings (SSSR count). The van der Waals surface area contributed by atoms with Crippen LogP contribution in [-0.4, -0.2) is 48.1 Å². The molecule has 30 heavy (non-hydrogen) atoms. The smallest absolute Gasteiger partial charge is 0.305 e. The van der Waals surface area contributed by atoms with Gasteiger partial charge in [0.25, 0.3) is 11.8 Å². The Labute approximate surface area is 174 Å². The Balaban J connectivity index is 2.05. The van der Waals surface area contributed by atoms with Gasteiger partial charge < -0.3 is 14.6 Å². The molecule has 0 unspecified atom stereocenters. The number of methoxy groups -OCH3 is 1. The molecule has 0 atom stereocenters. The molecule has 1 aliphatic rings. The van der Waals surface area contributed by atoms with E-state index in [9.17, 15) is 14.4 Å². The van der Waals surface area contributed by atoms with Gasteiger partial charge in [-0.1, -0.05) is 31.2 Å². The maximum absolute atomic E-state index is 13.1. The molecule has 2 amide bonds. The van der Waals surface area contributed by atoms with Crippen molar-refractivity contribution in [1.29, 1.82) is 0 Å². The normalized spacial score (nSPS) is 14.6. The molecule has 156 valence electrons. The van der Waals surface area contributed by atoms with Crippen LogP contribution in [0.2, 0.25) is 0 Å². The number of carboxylic acids is 1. The van der Waals surface area contributed by atoms with Crippen LogP contribution in [-0.2, 0) is 9.59 Å². The maximum atomic E-state index is 13.1. The summed E-state index contributed by atoms with van der Waals surface area (Å²) in [5, 5.41) is 8.97. The summed E-state index contributed by atoms with van der Waals surface area (Å²) in [7, 11) is 1.55. The number of carbonyl (C=O) groups excluding carboxylic acids is 2. The molecular formula is C23H23NO6. The number of nitrogens with zero attached hydrogens (tertiary/aromatic N) is 1. The lowest BCUT2D eigenvalue weighted by Crippen LogP contribution is -2.42. The molecule has 0 spiro atoms. The SMILES string of the molecule is CCCOc1cc(/C=C2\C(=O)N(CCC(=O)O)C(=O)c3ccccc32)ccc1OC. The van der Waals surface area contributed by atoms with E-state index in [4.69, 9.17) is 14.6 Å². The van der Waals surface area contributed by atoms with Crippen molar-refractivity contribution in [2.24, 2.45) is 0 Å². The third-order valence-corrected chi connectivity index (χ3v) is 4.68. The number of rotatable bonds is 8. The van der Waals surface area contributed by atoms with Crippen molar-refractivity contribution in [3.05, 3.63) is 59.2 Å². The molecule has 1 aliphatic heterocycles. The molecule has 0 saturated heterocycles. The third kappa shape index (κ3) is 4.35. The first-order valence-electron chi connectivity index (χ1n) is 9.66. The first kappa shape index (κ1) is 21.1. The number of aliphatic carboxylic acids is 1. The minimum absolute atomic E-state index is 0.188. The van der Waals surface area contributed by atoms with Crippen molar-refractivity contribution < 1.29 is 29.0 Å². The van der Waals surface area contributed by atoms with E-state index in [1.165, 1.54) is 0 Å². The highest BCUT2D eigenvalue weighted by molar-refractivity contribution is 6.33. The van der Waals surface area contributed by atoms with Crippen molar-refractivity contribution >= 4 is 29.4 Å². The number of benzene rings is 2. The van der Waals surface area contributed by atoms with Crippen LogP contribution >= 0.6 is 0 Å². The van der Waals surface area contributed by atoms with E-state index in [1.54, 1.807) is 55.7 Å². The van der Waals surface area contributed by atoms with Gasteiger partial charge in [-0.15, -0.1) is 0 Å². The Hall–Kier alpha value is -3.61. The number of hydrogen-bond donors (Lipinski definition) is 1. The summed E-state index contributed by atoms with van der Waals surface area (Å²) in [6.07, 6.45) is 2.20. The highest BCUT2D eigenvalue weighted by atomic mass is 16.5. The number of hydrogen-bond acceptors (Lipinski definition) is 5. The zero-order chi connectivity index (χ0) is 21.7. The molecule has 0 bridgehead atoms. The second kappa shape index (κ2) is 9.26. The van der Waals surface area contributed by atoms with Gasteiger partial charge in [0.1, 0.15) is 0 Å². The summed E-state index contributed by atoms with van der Waals surface area (Å²) in [6, 6.07) is 12.1. The van der Waals surface area contributed by atoms with Crippen molar-refractivity contribution in [1.82, 2.24) is 4.90 Å². The maximum Gasteiger partial charge on any atom is 0.305 e. The summed E-state index contributed by atoms with van der Waals surface area (Å²) in [6.45, 7) is 2.33. The number of carboxylic acid groups (broad SMARTS) is 1. The van der Waals surface area contributed by atoms with Gasteiger partial charge in [-0.05, 0) is 41.8 Å². The number of ether oxygens (including phenoxy) is 2. The molecule has 2 aromatic rings. The molecule has 0 saturated carbocycles.